The first-order valence-corrected chi connectivity index (χ1v) is 10.2. The van der Waals surface area contributed by atoms with Gasteiger partial charge in [0.25, 0.3) is 0 Å². The van der Waals surface area contributed by atoms with Crippen molar-refractivity contribution >= 4 is 10.0 Å². The Bertz CT molecular complexity index is 936. The molecule has 3 heterocycles. The predicted octanol–water partition coefficient (Wildman–Crippen LogP) is 1.94. The van der Waals surface area contributed by atoms with Gasteiger partial charge in [0.15, 0.2) is 0 Å². The summed E-state index contributed by atoms with van der Waals surface area (Å²) in [5, 5.41) is 4.15. The second-order valence-corrected chi connectivity index (χ2v) is 9.22. The predicted molar refractivity (Wildman–Crippen MR) is 95.5 cm³/mol. The van der Waals surface area contributed by atoms with Crippen molar-refractivity contribution in [2.75, 3.05) is 6.61 Å². The molecule has 0 radical (unpaired) electrons. The molecule has 0 saturated carbocycles. The number of hydrogen-bond acceptors (Lipinski definition) is 5. The molecular weight excluding hydrogens is 354 g/mol. The number of sulfonamides is 1. The highest BCUT2D eigenvalue weighted by atomic mass is 32.2. The molecule has 2 aliphatic rings. The van der Waals surface area contributed by atoms with Crippen molar-refractivity contribution in [2.24, 2.45) is 7.05 Å². The van der Waals surface area contributed by atoms with Crippen molar-refractivity contribution in [1.82, 2.24) is 14.5 Å². The van der Waals surface area contributed by atoms with E-state index in [1.807, 2.05) is 33.2 Å². The molecule has 0 aliphatic carbocycles. The Morgan fingerprint density at radius 1 is 1.35 bits per heavy atom. The van der Waals surface area contributed by atoms with Crippen molar-refractivity contribution in [3.05, 3.63) is 41.7 Å². The third-order valence-electron chi connectivity index (χ3n) is 4.80. The standard InChI is InChI=1S/C18H23N3O4S/c1-18(2)9-12-5-4-6-15(17(12)25-18)26(22,23)20-14-7-8-24-16(14)13-10-19-21(3)11-13/h4-6,10-11,14,16,20H,7-9H2,1-3H3/t14-,16+/m0/s1. The van der Waals surface area contributed by atoms with Gasteiger partial charge in [-0.25, -0.2) is 13.1 Å². The minimum Gasteiger partial charge on any atom is -0.486 e. The van der Waals surface area contributed by atoms with Crippen LogP contribution in [-0.2, 0) is 28.2 Å². The molecule has 7 nitrogen and oxygen atoms in total. The van der Waals surface area contributed by atoms with E-state index in [1.165, 1.54) is 0 Å². The lowest BCUT2D eigenvalue weighted by Crippen LogP contribution is -2.37. The highest BCUT2D eigenvalue weighted by Crippen LogP contribution is 2.40. The van der Waals surface area contributed by atoms with E-state index in [0.29, 0.717) is 25.2 Å². The molecule has 1 aromatic heterocycles. The minimum absolute atomic E-state index is 0.192. The van der Waals surface area contributed by atoms with E-state index in [9.17, 15) is 8.42 Å². The highest BCUT2D eigenvalue weighted by Gasteiger charge is 2.38. The second-order valence-electron chi connectivity index (χ2n) is 7.54. The van der Waals surface area contributed by atoms with E-state index < -0.39 is 15.6 Å². The molecule has 26 heavy (non-hydrogen) atoms. The summed E-state index contributed by atoms with van der Waals surface area (Å²) in [6.07, 6.45) is 4.52. The average Bonchev–Trinajstić information content (AvgIpc) is 3.23. The Labute approximate surface area is 153 Å². The van der Waals surface area contributed by atoms with Gasteiger partial charge in [-0.15, -0.1) is 0 Å². The number of nitrogens with zero attached hydrogens (tertiary/aromatic N) is 2. The van der Waals surface area contributed by atoms with E-state index in [2.05, 4.69) is 9.82 Å². The summed E-state index contributed by atoms with van der Waals surface area (Å²) in [5.74, 6) is 0.460. The van der Waals surface area contributed by atoms with E-state index in [0.717, 1.165) is 11.1 Å². The van der Waals surface area contributed by atoms with Gasteiger partial charge in [0.2, 0.25) is 10.0 Å². The van der Waals surface area contributed by atoms with Gasteiger partial charge in [-0.05, 0) is 31.9 Å². The third-order valence-corrected chi connectivity index (χ3v) is 6.31. The fourth-order valence-electron chi connectivity index (χ4n) is 3.69. The van der Waals surface area contributed by atoms with Crippen molar-refractivity contribution in [3.63, 3.8) is 0 Å². The van der Waals surface area contributed by atoms with E-state index in [-0.39, 0.29) is 17.0 Å². The van der Waals surface area contributed by atoms with Crippen LogP contribution in [0.2, 0.25) is 0 Å². The molecule has 4 rings (SSSR count). The Morgan fingerprint density at radius 3 is 2.88 bits per heavy atom. The Morgan fingerprint density at radius 2 is 2.15 bits per heavy atom. The maximum Gasteiger partial charge on any atom is 0.244 e. The summed E-state index contributed by atoms with van der Waals surface area (Å²) in [6, 6.07) is 4.94. The number of aromatic nitrogens is 2. The van der Waals surface area contributed by atoms with Crippen molar-refractivity contribution in [2.45, 2.75) is 49.3 Å². The zero-order chi connectivity index (χ0) is 18.5. The Kier molecular flexibility index (Phi) is 4.09. The van der Waals surface area contributed by atoms with Gasteiger partial charge in [-0.2, -0.15) is 5.10 Å². The van der Waals surface area contributed by atoms with E-state index in [4.69, 9.17) is 9.47 Å². The van der Waals surface area contributed by atoms with Crippen LogP contribution in [0.1, 0.15) is 37.5 Å². The Hall–Kier alpha value is -1.90. The number of hydrogen-bond donors (Lipinski definition) is 1. The first kappa shape index (κ1) is 17.5. The summed E-state index contributed by atoms with van der Waals surface area (Å²) in [6.45, 7) is 4.42. The van der Waals surface area contributed by atoms with Crippen molar-refractivity contribution in [3.8, 4) is 5.75 Å². The molecule has 1 saturated heterocycles. The van der Waals surface area contributed by atoms with Crippen LogP contribution in [0.5, 0.6) is 5.75 Å². The lowest BCUT2D eigenvalue weighted by molar-refractivity contribution is 0.102. The average molecular weight is 377 g/mol. The van der Waals surface area contributed by atoms with Crippen LogP contribution in [0, 0.1) is 0 Å². The van der Waals surface area contributed by atoms with Crippen LogP contribution < -0.4 is 9.46 Å². The molecule has 1 fully saturated rings. The van der Waals surface area contributed by atoms with Crippen LogP contribution in [0.15, 0.2) is 35.5 Å². The lowest BCUT2D eigenvalue weighted by Gasteiger charge is -2.21. The van der Waals surface area contributed by atoms with Gasteiger partial charge in [0.05, 0.1) is 12.2 Å². The molecule has 140 valence electrons. The molecule has 8 heteroatoms. The summed E-state index contributed by atoms with van der Waals surface area (Å²) in [7, 11) is -1.91. The monoisotopic (exact) mass is 377 g/mol. The normalized spacial score (nSPS) is 24.4. The zero-order valence-corrected chi connectivity index (χ0v) is 15.9. The Balaban J connectivity index is 1.62. The zero-order valence-electron chi connectivity index (χ0n) is 15.1. The van der Waals surface area contributed by atoms with E-state index in [1.54, 1.807) is 23.0 Å². The minimum atomic E-state index is -3.74. The van der Waals surface area contributed by atoms with Crippen LogP contribution in [0.4, 0.5) is 0 Å². The number of ether oxygens (including phenoxy) is 2. The van der Waals surface area contributed by atoms with Gasteiger partial charge in [-0.3, -0.25) is 4.68 Å². The molecule has 0 bridgehead atoms. The number of aryl methyl sites for hydroxylation is 1. The number of fused-ring (bicyclic) bond motifs is 1. The van der Waals surface area contributed by atoms with Crippen LogP contribution in [0.25, 0.3) is 0 Å². The molecule has 0 spiro atoms. The quantitative estimate of drug-likeness (QED) is 0.881. The maximum absolute atomic E-state index is 13.1. The van der Waals surface area contributed by atoms with Crippen LogP contribution in [0.3, 0.4) is 0 Å². The lowest BCUT2D eigenvalue weighted by atomic mass is 10.0. The maximum atomic E-state index is 13.1. The molecule has 2 aliphatic heterocycles. The van der Waals surface area contributed by atoms with Gasteiger partial charge in [0.1, 0.15) is 22.4 Å². The molecule has 1 aromatic carbocycles. The molecule has 2 atom stereocenters. The first-order valence-electron chi connectivity index (χ1n) is 8.69. The number of para-hydroxylation sites is 1. The molecular formula is C18H23N3O4S. The summed E-state index contributed by atoms with van der Waals surface area (Å²) in [4.78, 5) is 0.192. The van der Waals surface area contributed by atoms with Gasteiger partial charge in [0, 0.05) is 31.8 Å². The largest absolute Gasteiger partial charge is 0.486 e. The van der Waals surface area contributed by atoms with Crippen molar-refractivity contribution < 1.29 is 17.9 Å². The van der Waals surface area contributed by atoms with Gasteiger partial charge in [-0.1, -0.05) is 12.1 Å². The van der Waals surface area contributed by atoms with Crippen LogP contribution >= 0.6 is 0 Å². The van der Waals surface area contributed by atoms with Gasteiger partial charge < -0.3 is 9.47 Å². The highest BCUT2D eigenvalue weighted by molar-refractivity contribution is 7.89. The topological polar surface area (TPSA) is 82.5 Å². The number of nitrogens with one attached hydrogen (secondary N) is 1. The van der Waals surface area contributed by atoms with Gasteiger partial charge >= 0.3 is 0 Å². The number of benzene rings is 1. The summed E-state index contributed by atoms with van der Waals surface area (Å²) in [5.41, 5.74) is 1.39. The second kappa shape index (κ2) is 6.07. The number of rotatable bonds is 4. The summed E-state index contributed by atoms with van der Waals surface area (Å²) < 4.78 is 42.3. The smallest absolute Gasteiger partial charge is 0.244 e. The molecule has 0 unspecified atom stereocenters. The van der Waals surface area contributed by atoms with E-state index >= 15 is 0 Å². The SMILES string of the molecule is Cn1cc([C@H]2OCC[C@@H]2NS(=O)(=O)c2cccc3c2OC(C)(C)C3)cn1. The first-order chi connectivity index (χ1) is 12.3. The fraction of sp³-hybridized carbons (Fsp3) is 0.500. The van der Waals surface area contributed by atoms with Crippen LogP contribution in [-0.4, -0.2) is 36.4 Å². The van der Waals surface area contributed by atoms with Crippen molar-refractivity contribution in [1.29, 1.82) is 0 Å². The molecule has 1 N–H and O–H groups in total. The molecule has 2 aromatic rings. The third kappa shape index (κ3) is 3.13. The molecule has 0 amide bonds. The summed E-state index contributed by atoms with van der Waals surface area (Å²) >= 11 is 0. The fourth-order valence-corrected chi connectivity index (χ4v) is 5.13.